The first-order chi connectivity index (χ1) is 8.30. The number of hydrogen-bond donors (Lipinski definition) is 1. The third-order valence-electron chi connectivity index (χ3n) is 3.48. The largest absolute Gasteiger partial charge is 0.324 e. The summed E-state index contributed by atoms with van der Waals surface area (Å²) in [6, 6.07) is 2.65. The van der Waals surface area contributed by atoms with Gasteiger partial charge in [0.2, 0.25) is 0 Å². The van der Waals surface area contributed by atoms with Crippen LogP contribution in [0, 0.1) is 24.0 Å². The van der Waals surface area contributed by atoms with Gasteiger partial charge in [0.1, 0.15) is 11.6 Å². The molecule has 0 aliphatic heterocycles. The highest BCUT2D eigenvalue weighted by Gasteiger charge is 2.30. The van der Waals surface area contributed by atoms with Crippen LogP contribution in [0.5, 0.6) is 0 Å². The second-order valence-electron chi connectivity index (χ2n) is 5.95. The van der Waals surface area contributed by atoms with Gasteiger partial charge >= 0.3 is 0 Å². The van der Waals surface area contributed by atoms with Crippen LogP contribution in [0.4, 0.5) is 8.78 Å². The molecule has 1 aromatic rings. The number of aryl methyl sites for hydroxylation is 1. The van der Waals surface area contributed by atoms with Gasteiger partial charge in [-0.05, 0) is 42.4 Å². The lowest BCUT2D eigenvalue weighted by Gasteiger charge is -2.33. The first kappa shape index (κ1) is 13.2. The van der Waals surface area contributed by atoms with Crippen LogP contribution in [-0.2, 0) is 0 Å². The van der Waals surface area contributed by atoms with E-state index in [1.807, 2.05) is 0 Å². The minimum atomic E-state index is -0.505. The predicted molar refractivity (Wildman–Crippen MR) is 70.1 cm³/mol. The van der Waals surface area contributed by atoms with Gasteiger partial charge in [-0.3, -0.25) is 0 Å². The zero-order valence-electron chi connectivity index (χ0n) is 11.1. The summed E-state index contributed by atoms with van der Waals surface area (Å²) >= 11 is 0. The molecule has 1 aromatic carbocycles. The lowest BCUT2D eigenvalue weighted by Crippen LogP contribution is -2.31. The van der Waals surface area contributed by atoms with Gasteiger partial charge in [-0.15, -0.1) is 0 Å². The number of allylic oxidation sites excluding steroid dienone is 1. The molecule has 0 saturated heterocycles. The molecule has 1 atom stereocenters. The third-order valence-corrected chi connectivity index (χ3v) is 3.48. The van der Waals surface area contributed by atoms with E-state index in [9.17, 15) is 8.78 Å². The maximum Gasteiger partial charge on any atom is 0.136 e. The Balaban J connectivity index is 2.52. The van der Waals surface area contributed by atoms with Crippen molar-refractivity contribution in [3.8, 4) is 0 Å². The smallest absolute Gasteiger partial charge is 0.136 e. The van der Waals surface area contributed by atoms with Crippen molar-refractivity contribution in [1.29, 1.82) is 0 Å². The molecule has 18 heavy (non-hydrogen) atoms. The zero-order valence-corrected chi connectivity index (χ0v) is 11.1. The molecule has 2 rings (SSSR count). The van der Waals surface area contributed by atoms with Crippen molar-refractivity contribution in [2.45, 2.75) is 39.7 Å². The molecule has 0 aromatic heterocycles. The SMILES string of the molecule is Cc1ccc(F)c(C2=CC(N)CC(C)(C)C2)c1F. The number of nitrogens with two attached hydrogens (primary N) is 1. The van der Waals surface area contributed by atoms with Crippen molar-refractivity contribution in [1.82, 2.24) is 0 Å². The second kappa shape index (κ2) is 4.47. The monoisotopic (exact) mass is 251 g/mol. The Hall–Kier alpha value is -1.22. The zero-order chi connectivity index (χ0) is 13.5. The van der Waals surface area contributed by atoms with E-state index in [0.717, 1.165) is 6.42 Å². The van der Waals surface area contributed by atoms with E-state index >= 15 is 0 Å². The van der Waals surface area contributed by atoms with Crippen molar-refractivity contribution < 1.29 is 8.78 Å². The summed E-state index contributed by atoms with van der Waals surface area (Å²) in [5.74, 6) is -0.972. The normalized spacial score (nSPS) is 22.8. The van der Waals surface area contributed by atoms with Crippen molar-refractivity contribution >= 4 is 5.57 Å². The average Bonchev–Trinajstić information content (AvgIpc) is 2.21. The Bertz CT molecular complexity index is 503. The Morgan fingerprint density at radius 3 is 2.56 bits per heavy atom. The van der Waals surface area contributed by atoms with E-state index in [0.29, 0.717) is 17.6 Å². The van der Waals surface area contributed by atoms with E-state index in [4.69, 9.17) is 5.73 Å². The highest BCUT2D eigenvalue weighted by molar-refractivity contribution is 5.69. The van der Waals surface area contributed by atoms with Crippen LogP contribution < -0.4 is 5.73 Å². The Labute approximate surface area is 107 Å². The lowest BCUT2D eigenvalue weighted by molar-refractivity contribution is 0.317. The molecule has 0 radical (unpaired) electrons. The molecule has 0 spiro atoms. The van der Waals surface area contributed by atoms with E-state index < -0.39 is 11.6 Å². The molecule has 0 bridgehead atoms. The quantitative estimate of drug-likeness (QED) is 0.807. The number of halogens is 2. The van der Waals surface area contributed by atoms with Crippen LogP contribution in [0.2, 0.25) is 0 Å². The van der Waals surface area contributed by atoms with E-state index in [1.165, 1.54) is 12.1 Å². The fourth-order valence-corrected chi connectivity index (χ4v) is 2.72. The Morgan fingerprint density at radius 1 is 1.28 bits per heavy atom. The third kappa shape index (κ3) is 2.46. The molecule has 0 amide bonds. The van der Waals surface area contributed by atoms with Crippen LogP contribution in [0.25, 0.3) is 5.57 Å². The Kier molecular flexibility index (Phi) is 3.28. The maximum absolute atomic E-state index is 14.1. The molecule has 1 unspecified atom stereocenters. The summed E-state index contributed by atoms with van der Waals surface area (Å²) in [5, 5.41) is 0. The second-order valence-corrected chi connectivity index (χ2v) is 5.95. The fourth-order valence-electron chi connectivity index (χ4n) is 2.72. The molecule has 3 heteroatoms. The molecule has 0 fully saturated rings. The summed E-state index contributed by atoms with van der Waals surface area (Å²) in [6.45, 7) is 5.80. The summed E-state index contributed by atoms with van der Waals surface area (Å²) in [7, 11) is 0. The van der Waals surface area contributed by atoms with Gasteiger partial charge in [0.15, 0.2) is 0 Å². The van der Waals surface area contributed by atoms with Crippen LogP contribution in [-0.4, -0.2) is 6.04 Å². The van der Waals surface area contributed by atoms with Gasteiger partial charge in [-0.1, -0.05) is 26.0 Å². The van der Waals surface area contributed by atoms with Gasteiger partial charge in [-0.2, -0.15) is 0 Å². The van der Waals surface area contributed by atoms with Crippen LogP contribution in [0.1, 0.15) is 37.8 Å². The van der Waals surface area contributed by atoms with Crippen LogP contribution in [0.3, 0.4) is 0 Å². The molecular formula is C15H19F2N. The van der Waals surface area contributed by atoms with Crippen molar-refractivity contribution in [2.24, 2.45) is 11.1 Å². The van der Waals surface area contributed by atoms with Crippen molar-refractivity contribution in [3.05, 3.63) is 41.0 Å². The lowest BCUT2D eigenvalue weighted by atomic mass is 9.73. The van der Waals surface area contributed by atoms with Gasteiger partial charge in [-0.25, -0.2) is 8.78 Å². The molecule has 0 heterocycles. The summed E-state index contributed by atoms with van der Waals surface area (Å²) < 4.78 is 28.0. The number of hydrogen-bond acceptors (Lipinski definition) is 1. The van der Waals surface area contributed by atoms with Crippen LogP contribution >= 0.6 is 0 Å². The molecule has 98 valence electrons. The minimum absolute atomic E-state index is 0.0217. The average molecular weight is 251 g/mol. The van der Waals surface area contributed by atoms with Gasteiger partial charge in [0.05, 0.1) is 0 Å². The molecule has 1 nitrogen and oxygen atoms in total. The maximum atomic E-state index is 14.1. The first-order valence-electron chi connectivity index (χ1n) is 6.21. The molecule has 0 saturated carbocycles. The predicted octanol–water partition coefficient (Wildman–Crippen LogP) is 3.80. The highest BCUT2D eigenvalue weighted by Crippen LogP contribution is 2.40. The topological polar surface area (TPSA) is 26.0 Å². The molecule has 1 aliphatic carbocycles. The molecule has 1 aliphatic rings. The number of benzene rings is 1. The highest BCUT2D eigenvalue weighted by atomic mass is 19.1. The fraction of sp³-hybridized carbons (Fsp3) is 0.467. The summed E-state index contributed by atoms with van der Waals surface area (Å²) in [5.41, 5.74) is 7.18. The van der Waals surface area contributed by atoms with Crippen LogP contribution in [0.15, 0.2) is 18.2 Å². The first-order valence-corrected chi connectivity index (χ1v) is 6.21. The summed E-state index contributed by atoms with van der Waals surface area (Å²) in [4.78, 5) is 0. The van der Waals surface area contributed by atoms with E-state index in [1.54, 1.807) is 13.0 Å². The standard InChI is InChI=1S/C15H19F2N/c1-9-4-5-12(16)13(14(9)17)10-6-11(18)8-15(2,3)7-10/h4-6,11H,7-8,18H2,1-3H3. The van der Waals surface area contributed by atoms with Gasteiger partial charge < -0.3 is 5.73 Å². The van der Waals surface area contributed by atoms with E-state index in [-0.39, 0.29) is 17.0 Å². The van der Waals surface area contributed by atoms with Crippen molar-refractivity contribution in [2.75, 3.05) is 0 Å². The summed E-state index contributed by atoms with van der Waals surface area (Å²) in [6.07, 6.45) is 3.29. The Morgan fingerprint density at radius 2 is 1.94 bits per heavy atom. The molecular weight excluding hydrogens is 232 g/mol. The number of rotatable bonds is 1. The van der Waals surface area contributed by atoms with E-state index in [2.05, 4.69) is 13.8 Å². The van der Waals surface area contributed by atoms with Crippen molar-refractivity contribution in [3.63, 3.8) is 0 Å². The molecule has 2 N–H and O–H groups in total. The van der Waals surface area contributed by atoms with Gasteiger partial charge in [0.25, 0.3) is 0 Å². The minimum Gasteiger partial charge on any atom is -0.324 e. The van der Waals surface area contributed by atoms with Gasteiger partial charge in [0, 0.05) is 11.6 Å².